The zero-order valence-electron chi connectivity index (χ0n) is 9.95. The van der Waals surface area contributed by atoms with Gasteiger partial charge in [0.25, 0.3) is 0 Å². The second-order valence-corrected chi connectivity index (χ2v) is 5.11. The van der Waals surface area contributed by atoms with Crippen molar-refractivity contribution in [1.82, 2.24) is 4.90 Å². The van der Waals surface area contributed by atoms with Crippen LogP contribution in [0.4, 0.5) is 4.39 Å². The number of hydrogen-bond donors (Lipinski definition) is 1. The lowest BCUT2D eigenvalue weighted by atomic mass is 9.83. The maximum Gasteiger partial charge on any atom is 0.165 e. The number of hydrogen-bond acceptors (Lipinski definition) is 3. The van der Waals surface area contributed by atoms with Gasteiger partial charge in [-0.25, -0.2) is 4.39 Å². The van der Waals surface area contributed by atoms with Gasteiger partial charge in [0.2, 0.25) is 0 Å². The minimum atomic E-state index is -0.392. The van der Waals surface area contributed by atoms with Gasteiger partial charge in [-0.1, -0.05) is 12.1 Å². The van der Waals surface area contributed by atoms with Crippen molar-refractivity contribution in [3.8, 4) is 5.75 Å². The summed E-state index contributed by atoms with van der Waals surface area (Å²) in [7, 11) is 2.08. The molecule has 0 radical (unpaired) electrons. The normalized spacial score (nSPS) is 26.9. The first-order valence-electron chi connectivity index (χ1n) is 6.04. The van der Waals surface area contributed by atoms with E-state index in [-0.39, 0.29) is 11.9 Å². The van der Waals surface area contributed by atoms with Gasteiger partial charge in [0, 0.05) is 31.5 Å². The molecule has 1 fully saturated rings. The Kier molecular flexibility index (Phi) is 2.38. The molecule has 2 aliphatic rings. The van der Waals surface area contributed by atoms with Crippen LogP contribution in [0.25, 0.3) is 0 Å². The molecule has 92 valence electrons. The van der Waals surface area contributed by atoms with Gasteiger partial charge in [0.05, 0.1) is 6.04 Å². The Morgan fingerprint density at radius 2 is 2.12 bits per heavy atom. The number of piperidine rings is 1. The van der Waals surface area contributed by atoms with Crippen LogP contribution in [0.15, 0.2) is 18.2 Å². The standard InChI is InChI=1S/C13H17FN2O/c1-16-7-5-13(6-8-16)12(15)9-3-2-4-10(14)11(9)17-13/h2-4,12H,5-8,15H2,1H3. The van der Waals surface area contributed by atoms with E-state index in [4.69, 9.17) is 10.5 Å². The first-order chi connectivity index (χ1) is 8.12. The summed E-state index contributed by atoms with van der Waals surface area (Å²) < 4.78 is 19.6. The summed E-state index contributed by atoms with van der Waals surface area (Å²) in [4.78, 5) is 2.25. The van der Waals surface area contributed by atoms with Crippen molar-refractivity contribution >= 4 is 0 Å². The third-order valence-corrected chi connectivity index (χ3v) is 4.04. The van der Waals surface area contributed by atoms with Crippen molar-refractivity contribution in [1.29, 1.82) is 0 Å². The van der Waals surface area contributed by atoms with E-state index in [0.717, 1.165) is 31.5 Å². The zero-order valence-corrected chi connectivity index (χ0v) is 9.95. The first kappa shape index (κ1) is 11.0. The van der Waals surface area contributed by atoms with E-state index in [1.807, 2.05) is 6.07 Å². The Hall–Kier alpha value is -1.13. The minimum Gasteiger partial charge on any atom is -0.482 e. The fourth-order valence-electron chi connectivity index (χ4n) is 2.84. The van der Waals surface area contributed by atoms with Gasteiger partial charge in [0.1, 0.15) is 5.60 Å². The predicted molar refractivity (Wildman–Crippen MR) is 63.4 cm³/mol. The molecule has 1 spiro atoms. The lowest BCUT2D eigenvalue weighted by Gasteiger charge is -2.39. The molecule has 0 saturated carbocycles. The number of halogens is 1. The van der Waals surface area contributed by atoms with Crippen molar-refractivity contribution in [2.45, 2.75) is 24.5 Å². The highest BCUT2D eigenvalue weighted by Crippen LogP contribution is 2.47. The van der Waals surface area contributed by atoms with E-state index in [1.165, 1.54) is 6.07 Å². The molecule has 0 aliphatic carbocycles. The number of nitrogens with zero attached hydrogens (tertiary/aromatic N) is 1. The summed E-state index contributed by atoms with van der Waals surface area (Å²) in [5.74, 6) is 0.0679. The van der Waals surface area contributed by atoms with E-state index in [2.05, 4.69) is 11.9 Å². The van der Waals surface area contributed by atoms with Crippen LogP contribution in [0.1, 0.15) is 24.4 Å². The summed E-state index contributed by atoms with van der Waals surface area (Å²) in [5.41, 5.74) is 6.68. The Morgan fingerprint density at radius 3 is 2.76 bits per heavy atom. The average Bonchev–Trinajstić information content (AvgIpc) is 2.60. The summed E-state index contributed by atoms with van der Waals surface area (Å²) in [6, 6.07) is 4.79. The largest absolute Gasteiger partial charge is 0.482 e. The number of ether oxygens (including phenoxy) is 1. The van der Waals surface area contributed by atoms with Gasteiger partial charge in [0.15, 0.2) is 11.6 Å². The monoisotopic (exact) mass is 236 g/mol. The summed E-state index contributed by atoms with van der Waals surface area (Å²) >= 11 is 0. The molecule has 1 atom stereocenters. The van der Waals surface area contributed by atoms with E-state index < -0.39 is 5.60 Å². The third-order valence-electron chi connectivity index (χ3n) is 4.04. The summed E-state index contributed by atoms with van der Waals surface area (Å²) in [5, 5.41) is 0. The predicted octanol–water partition coefficient (Wildman–Crippen LogP) is 1.68. The Balaban J connectivity index is 1.96. The van der Waals surface area contributed by atoms with Crippen molar-refractivity contribution in [3.63, 3.8) is 0 Å². The van der Waals surface area contributed by atoms with Crippen LogP contribution < -0.4 is 10.5 Å². The smallest absolute Gasteiger partial charge is 0.165 e. The van der Waals surface area contributed by atoms with Crippen LogP contribution in [0.2, 0.25) is 0 Å². The van der Waals surface area contributed by atoms with Crippen LogP contribution in [0, 0.1) is 5.82 Å². The van der Waals surface area contributed by atoms with Gasteiger partial charge >= 0.3 is 0 Å². The van der Waals surface area contributed by atoms with E-state index >= 15 is 0 Å². The fourth-order valence-corrected chi connectivity index (χ4v) is 2.84. The lowest BCUT2D eigenvalue weighted by Crippen LogP contribution is -2.50. The molecule has 0 aromatic heterocycles. The number of benzene rings is 1. The lowest BCUT2D eigenvalue weighted by molar-refractivity contribution is 0.00545. The van der Waals surface area contributed by atoms with Gasteiger partial charge < -0.3 is 15.4 Å². The van der Waals surface area contributed by atoms with Crippen LogP contribution in [0.3, 0.4) is 0 Å². The van der Waals surface area contributed by atoms with E-state index in [1.54, 1.807) is 6.07 Å². The number of para-hydroxylation sites is 1. The number of likely N-dealkylation sites (tertiary alicyclic amines) is 1. The molecular formula is C13H17FN2O. The molecule has 2 heterocycles. The molecule has 17 heavy (non-hydrogen) atoms. The number of rotatable bonds is 0. The summed E-state index contributed by atoms with van der Waals surface area (Å²) in [6.07, 6.45) is 1.72. The zero-order chi connectivity index (χ0) is 12.0. The van der Waals surface area contributed by atoms with Gasteiger partial charge in [-0.3, -0.25) is 0 Å². The molecule has 3 rings (SSSR count). The van der Waals surface area contributed by atoms with Crippen molar-refractivity contribution in [2.24, 2.45) is 5.73 Å². The molecule has 0 bridgehead atoms. The highest BCUT2D eigenvalue weighted by Gasteiger charge is 2.48. The molecule has 1 aromatic carbocycles. The second-order valence-electron chi connectivity index (χ2n) is 5.11. The highest BCUT2D eigenvalue weighted by molar-refractivity contribution is 5.43. The van der Waals surface area contributed by atoms with Crippen LogP contribution in [0.5, 0.6) is 5.75 Å². The average molecular weight is 236 g/mol. The highest BCUT2D eigenvalue weighted by atomic mass is 19.1. The van der Waals surface area contributed by atoms with Crippen LogP contribution in [-0.4, -0.2) is 30.6 Å². The minimum absolute atomic E-state index is 0.207. The quantitative estimate of drug-likeness (QED) is 0.745. The molecule has 1 aromatic rings. The molecule has 0 amide bonds. The molecule has 4 heteroatoms. The SMILES string of the molecule is CN1CCC2(CC1)Oc1c(F)cccc1C2N. The first-order valence-corrected chi connectivity index (χ1v) is 6.04. The number of fused-ring (bicyclic) bond motifs is 1. The molecule has 1 saturated heterocycles. The third kappa shape index (κ3) is 1.55. The molecule has 1 unspecified atom stereocenters. The molecular weight excluding hydrogens is 219 g/mol. The summed E-state index contributed by atoms with van der Waals surface area (Å²) in [6.45, 7) is 1.90. The maximum absolute atomic E-state index is 13.7. The number of nitrogens with two attached hydrogens (primary N) is 1. The van der Waals surface area contributed by atoms with Gasteiger partial charge in [-0.05, 0) is 13.1 Å². The van der Waals surface area contributed by atoms with E-state index in [0.29, 0.717) is 5.75 Å². The Bertz CT molecular complexity index is 441. The Morgan fingerprint density at radius 1 is 1.41 bits per heavy atom. The molecule has 2 aliphatic heterocycles. The van der Waals surface area contributed by atoms with Crippen molar-refractivity contribution in [3.05, 3.63) is 29.6 Å². The van der Waals surface area contributed by atoms with Gasteiger partial charge in [-0.2, -0.15) is 0 Å². The topological polar surface area (TPSA) is 38.5 Å². The fraction of sp³-hybridized carbons (Fsp3) is 0.538. The Labute approximate surface area is 100 Å². The van der Waals surface area contributed by atoms with Crippen molar-refractivity contribution in [2.75, 3.05) is 20.1 Å². The second kappa shape index (κ2) is 3.68. The van der Waals surface area contributed by atoms with E-state index in [9.17, 15) is 4.39 Å². The molecule has 3 nitrogen and oxygen atoms in total. The van der Waals surface area contributed by atoms with Crippen LogP contribution >= 0.6 is 0 Å². The van der Waals surface area contributed by atoms with Gasteiger partial charge in [-0.15, -0.1) is 0 Å². The maximum atomic E-state index is 13.7. The van der Waals surface area contributed by atoms with Crippen LogP contribution in [-0.2, 0) is 0 Å². The van der Waals surface area contributed by atoms with Crippen molar-refractivity contribution < 1.29 is 9.13 Å². The molecule has 2 N–H and O–H groups in total.